The molecule has 1 saturated heterocycles. The highest BCUT2D eigenvalue weighted by Gasteiger charge is 2.19. The van der Waals surface area contributed by atoms with Crippen molar-refractivity contribution in [3.8, 4) is 0 Å². The Bertz CT molecular complexity index is 630. The average Bonchev–Trinajstić information content (AvgIpc) is 2.48. The van der Waals surface area contributed by atoms with Gasteiger partial charge in [-0.15, -0.1) is 10.2 Å². The van der Waals surface area contributed by atoms with Gasteiger partial charge in [0.25, 0.3) is 5.56 Å². The molecule has 0 atom stereocenters. The van der Waals surface area contributed by atoms with E-state index in [1.807, 2.05) is 29.2 Å². The van der Waals surface area contributed by atoms with Gasteiger partial charge in [0, 0.05) is 37.6 Å². The number of benzene rings is 1. The molecule has 104 valence electrons. The fourth-order valence-electron chi connectivity index (χ4n) is 2.31. The molecule has 20 heavy (non-hydrogen) atoms. The highest BCUT2D eigenvalue weighted by atomic mass is 16.1. The standard InChI is InChI=1S/C13H16N6O/c14-10-1-3-11(4-2-10)18-5-7-19(8-6-18)13-16-12(20)9-15-17-13/h1-4,9H,5-8,14H2,(H,16,17,20). The highest BCUT2D eigenvalue weighted by Crippen LogP contribution is 2.19. The number of hydrogen-bond acceptors (Lipinski definition) is 6. The van der Waals surface area contributed by atoms with Gasteiger partial charge in [-0.1, -0.05) is 0 Å². The van der Waals surface area contributed by atoms with E-state index in [9.17, 15) is 4.79 Å². The summed E-state index contributed by atoms with van der Waals surface area (Å²) < 4.78 is 0. The first-order valence-corrected chi connectivity index (χ1v) is 6.50. The van der Waals surface area contributed by atoms with Gasteiger partial charge < -0.3 is 15.5 Å². The predicted molar refractivity (Wildman–Crippen MR) is 77.9 cm³/mol. The molecular weight excluding hydrogens is 256 g/mol. The first-order valence-electron chi connectivity index (χ1n) is 6.50. The van der Waals surface area contributed by atoms with Crippen LogP contribution in [-0.2, 0) is 0 Å². The van der Waals surface area contributed by atoms with Crippen LogP contribution in [0.3, 0.4) is 0 Å². The lowest BCUT2D eigenvalue weighted by atomic mass is 10.2. The molecular formula is C13H16N6O. The van der Waals surface area contributed by atoms with E-state index in [1.165, 1.54) is 6.20 Å². The van der Waals surface area contributed by atoms with Crippen molar-refractivity contribution in [2.45, 2.75) is 0 Å². The quantitative estimate of drug-likeness (QED) is 0.752. The minimum atomic E-state index is -0.226. The number of rotatable bonds is 2. The molecule has 1 aliphatic heterocycles. The van der Waals surface area contributed by atoms with Crippen LogP contribution in [0.25, 0.3) is 0 Å². The van der Waals surface area contributed by atoms with Crippen molar-refractivity contribution in [2.75, 3.05) is 41.7 Å². The summed E-state index contributed by atoms with van der Waals surface area (Å²) in [6.07, 6.45) is 1.17. The third kappa shape index (κ3) is 2.56. The van der Waals surface area contributed by atoms with E-state index in [2.05, 4.69) is 20.1 Å². The molecule has 0 saturated carbocycles. The molecule has 1 aliphatic rings. The largest absolute Gasteiger partial charge is 0.399 e. The van der Waals surface area contributed by atoms with E-state index in [4.69, 9.17) is 5.73 Å². The fourth-order valence-corrected chi connectivity index (χ4v) is 2.31. The van der Waals surface area contributed by atoms with Crippen LogP contribution in [0, 0.1) is 0 Å². The number of aromatic amines is 1. The monoisotopic (exact) mass is 272 g/mol. The van der Waals surface area contributed by atoms with Gasteiger partial charge in [-0.25, -0.2) is 0 Å². The van der Waals surface area contributed by atoms with E-state index in [0.29, 0.717) is 5.95 Å². The number of hydrogen-bond donors (Lipinski definition) is 2. The zero-order valence-electron chi connectivity index (χ0n) is 11.0. The summed E-state index contributed by atoms with van der Waals surface area (Å²) in [6.45, 7) is 3.31. The summed E-state index contributed by atoms with van der Waals surface area (Å²) in [6, 6.07) is 7.86. The van der Waals surface area contributed by atoms with Crippen LogP contribution in [0.4, 0.5) is 17.3 Å². The minimum Gasteiger partial charge on any atom is -0.399 e. The number of nitrogens with zero attached hydrogens (tertiary/aromatic N) is 4. The molecule has 0 radical (unpaired) electrons. The lowest BCUT2D eigenvalue weighted by Gasteiger charge is -2.36. The van der Waals surface area contributed by atoms with Gasteiger partial charge in [0.1, 0.15) is 6.20 Å². The zero-order chi connectivity index (χ0) is 13.9. The second-order valence-electron chi connectivity index (χ2n) is 4.72. The molecule has 7 heteroatoms. The summed E-state index contributed by atoms with van der Waals surface area (Å²) in [4.78, 5) is 18.3. The first kappa shape index (κ1) is 12.5. The normalized spacial score (nSPS) is 15.4. The molecule has 0 spiro atoms. The molecule has 0 bridgehead atoms. The number of nitrogen functional groups attached to an aromatic ring is 1. The molecule has 3 N–H and O–H groups in total. The average molecular weight is 272 g/mol. The Hall–Kier alpha value is -2.57. The topological polar surface area (TPSA) is 91.1 Å². The van der Waals surface area contributed by atoms with Crippen LogP contribution < -0.4 is 21.1 Å². The molecule has 2 aromatic rings. The smallest absolute Gasteiger partial charge is 0.271 e. The van der Waals surface area contributed by atoms with E-state index >= 15 is 0 Å². The van der Waals surface area contributed by atoms with Crippen LogP contribution in [0.15, 0.2) is 35.3 Å². The minimum absolute atomic E-state index is 0.226. The van der Waals surface area contributed by atoms with Gasteiger partial charge in [-0.2, -0.15) is 0 Å². The Balaban J connectivity index is 1.67. The van der Waals surface area contributed by atoms with Gasteiger partial charge >= 0.3 is 0 Å². The predicted octanol–water partition coefficient (Wildman–Crippen LogP) is 0.0737. The molecule has 0 amide bonds. The zero-order valence-corrected chi connectivity index (χ0v) is 11.0. The van der Waals surface area contributed by atoms with Crippen LogP contribution in [-0.4, -0.2) is 41.4 Å². The van der Waals surface area contributed by atoms with Gasteiger partial charge in [0.15, 0.2) is 0 Å². The number of nitrogens with one attached hydrogen (secondary N) is 1. The van der Waals surface area contributed by atoms with Gasteiger partial charge in [0.2, 0.25) is 5.95 Å². The van der Waals surface area contributed by atoms with Gasteiger partial charge in [0.05, 0.1) is 0 Å². The molecule has 3 rings (SSSR count). The Morgan fingerprint density at radius 2 is 1.70 bits per heavy atom. The maximum Gasteiger partial charge on any atom is 0.271 e. The van der Waals surface area contributed by atoms with Crippen molar-refractivity contribution >= 4 is 17.3 Å². The summed E-state index contributed by atoms with van der Waals surface area (Å²) in [5.74, 6) is 0.537. The first-order chi connectivity index (χ1) is 9.72. The van der Waals surface area contributed by atoms with Crippen LogP contribution in [0.5, 0.6) is 0 Å². The molecule has 7 nitrogen and oxygen atoms in total. The summed E-state index contributed by atoms with van der Waals surface area (Å²) >= 11 is 0. The van der Waals surface area contributed by atoms with E-state index < -0.39 is 0 Å². The van der Waals surface area contributed by atoms with Crippen molar-refractivity contribution in [3.63, 3.8) is 0 Å². The third-order valence-electron chi connectivity index (χ3n) is 3.40. The Morgan fingerprint density at radius 3 is 2.35 bits per heavy atom. The van der Waals surface area contributed by atoms with Gasteiger partial charge in [-0.3, -0.25) is 9.78 Å². The molecule has 2 heterocycles. The van der Waals surface area contributed by atoms with Crippen molar-refractivity contribution < 1.29 is 0 Å². The summed E-state index contributed by atoms with van der Waals surface area (Å²) in [5, 5.41) is 7.64. The van der Waals surface area contributed by atoms with Crippen LogP contribution in [0.1, 0.15) is 0 Å². The lowest BCUT2D eigenvalue weighted by molar-refractivity contribution is 0.633. The fraction of sp³-hybridized carbons (Fsp3) is 0.308. The third-order valence-corrected chi connectivity index (χ3v) is 3.40. The van der Waals surface area contributed by atoms with E-state index in [0.717, 1.165) is 37.6 Å². The molecule has 0 aliphatic carbocycles. The summed E-state index contributed by atoms with van der Waals surface area (Å²) in [5.41, 5.74) is 7.39. The highest BCUT2D eigenvalue weighted by molar-refractivity contribution is 5.54. The molecule has 1 fully saturated rings. The van der Waals surface area contributed by atoms with Crippen molar-refractivity contribution in [1.82, 2.24) is 15.2 Å². The number of aromatic nitrogens is 3. The van der Waals surface area contributed by atoms with E-state index in [1.54, 1.807) is 0 Å². The Morgan fingerprint density at radius 1 is 1.05 bits per heavy atom. The molecule has 1 aromatic carbocycles. The van der Waals surface area contributed by atoms with Gasteiger partial charge in [-0.05, 0) is 24.3 Å². The number of nitrogens with two attached hydrogens (primary N) is 1. The summed E-state index contributed by atoms with van der Waals surface area (Å²) in [7, 11) is 0. The maximum atomic E-state index is 11.2. The number of anilines is 3. The Labute approximate surface area is 116 Å². The van der Waals surface area contributed by atoms with Crippen molar-refractivity contribution in [3.05, 3.63) is 40.8 Å². The van der Waals surface area contributed by atoms with Crippen molar-refractivity contribution in [2.24, 2.45) is 0 Å². The second kappa shape index (κ2) is 5.20. The maximum absolute atomic E-state index is 11.2. The van der Waals surface area contributed by atoms with E-state index in [-0.39, 0.29) is 5.56 Å². The molecule has 0 unspecified atom stereocenters. The number of piperazine rings is 1. The lowest BCUT2D eigenvalue weighted by Crippen LogP contribution is -2.47. The Kier molecular flexibility index (Phi) is 3.24. The van der Waals surface area contributed by atoms with Crippen LogP contribution >= 0.6 is 0 Å². The number of H-pyrrole nitrogens is 1. The van der Waals surface area contributed by atoms with Crippen LogP contribution in [0.2, 0.25) is 0 Å². The second-order valence-corrected chi connectivity index (χ2v) is 4.72. The SMILES string of the molecule is Nc1ccc(N2CCN(c3nncc(=O)[nH]3)CC2)cc1. The van der Waals surface area contributed by atoms with Crippen molar-refractivity contribution in [1.29, 1.82) is 0 Å². The molecule has 1 aromatic heterocycles.